The lowest BCUT2D eigenvalue weighted by Gasteiger charge is -1.95. The lowest BCUT2D eigenvalue weighted by Crippen LogP contribution is -2.21. The summed E-state index contributed by atoms with van der Waals surface area (Å²) in [5.41, 5.74) is 12.5. The second-order valence-electron chi connectivity index (χ2n) is 2.86. The standard InChI is InChI=1S/C10H14N4/c1-2-8-3-5-9(6-4-8)7-13-14-10(11)12/h3-7H,2H2,1H3,(H4,11,12,14)/b13-7-. The number of aryl methyl sites for hydroxylation is 1. The van der Waals surface area contributed by atoms with Gasteiger partial charge >= 0.3 is 0 Å². The molecule has 0 fully saturated rings. The van der Waals surface area contributed by atoms with Gasteiger partial charge in [-0.1, -0.05) is 31.2 Å². The maximum Gasteiger partial charge on any atom is 0.211 e. The van der Waals surface area contributed by atoms with Crippen molar-refractivity contribution >= 4 is 12.2 Å². The number of guanidine groups is 1. The van der Waals surface area contributed by atoms with Crippen molar-refractivity contribution in [3.05, 3.63) is 35.4 Å². The fraction of sp³-hybridized carbons (Fsp3) is 0.200. The van der Waals surface area contributed by atoms with E-state index in [1.54, 1.807) is 6.21 Å². The van der Waals surface area contributed by atoms with Gasteiger partial charge in [-0.25, -0.2) is 0 Å². The van der Waals surface area contributed by atoms with Crippen molar-refractivity contribution in [2.24, 2.45) is 21.7 Å². The summed E-state index contributed by atoms with van der Waals surface area (Å²) in [6.45, 7) is 2.11. The van der Waals surface area contributed by atoms with Crippen LogP contribution in [0.5, 0.6) is 0 Å². The SMILES string of the molecule is CCc1ccc(/C=N\N=C(N)N)cc1. The van der Waals surface area contributed by atoms with Crippen molar-refractivity contribution in [2.75, 3.05) is 0 Å². The zero-order valence-corrected chi connectivity index (χ0v) is 8.14. The molecule has 0 aliphatic heterocycles. The molecular formula is C10H14N4. The minimum atomic E-state index is -0.0357. The number of benzene rings is 1. The van der Waals surface area contributed by atoms with E-state index in [1.807, 2.05) is 12.1 Å². The molecule has 0 amide bonds. The summed E-state index contributed by atoms with van der Waals surface area (Å²) in [7, 11) is 0. The van der Waals surface area contributed by atoms with Crippen LogP contribution in [0.1, 0.15) is 18.1 Å². The van der Waals surface area contributed by atoms with Crippen molar-refractivity contribution in [1.29, 1.82) is 0 Å². The second kappa shape index (κ2) is 5.01. The first-order valence-corrected chi connectivity index (χ1v) is 4.43. The van der Waals surface area contributed by atoms with E-state index >= 15 is 0 Å². The highest BCUT2D eigenvalue weighted by Crippen LogP contribution is 2.02. The quantitative estimate of drug-likeness (QED) is 0.421. The van der Waals surface area contributed by atoms with Crippen LogP contribution in [0, 0.1) is 0 Å². The normalized spacial score (nSPS) is 10.4. The number of hydrogen-bond donors (Lipinski definition) is 2. The van der Waals surface area contributed by atoms with Crippen LogP contribution in [0.25, 0.3) is 0 Å². The molecule has 0 bridgehead atoms. The molecule has 0 saturated carbocycles. The summed E-state index contributed by atoms with van der Waals surface area (Å²) in [5, 5.41) is 7.21. The van der Waals surface area contributed by atoms with Gasteiger partial charge in [0.2, 0.25) is 5.96 Å². The molecule has 1 aromatic carbocycles. The van der Waals surface area contributed by atoms with Gasteiger partial charge in [-0.2, -0.15) is 5.10 Å². The molecule has 74 valence electrons. The van der Waals surface area contributed by atoms with Gasteiger partial charge in [-0.15, -0.1) is 5.10 Å². The molecule has 14 heavy (non-hydrogen) atoms. The Hall–Kier alpha value is -1.84. The van der Waals surface area contributed by atoms with Crippen molar-refractivity contribution in [2.45, 2.75) is 13.3 Å². The first-order chi connectivity index (χ1) is 6.72. The first kappa shape index (κ1) is 10.2. The van der Waals surface area contributed by atoms with Crippen LogP contribution < -0.4 is 11.5 Å². The van der Waals surface area contributed by atoms with Gasteiger partial charge in [0.25, 0.3) is 0 Å². The fourth-order valence-corrected chi connectivity index (χ4v) is 1.00. The van der Waals surface area contributed by atoms with Gasteiger partial charge < -0.3 is 11.5 Å². The number of rotatable bonds is 3. The minimum Gasteiger partial charge on any atom is -0.369 e. The largest absolute Gasteiger partial charge is 0.369 e. The maximum atomic E-state index is 5.12. The highest BCUT2D eigenvalue weighted by Gasteiger charge is 1.88. The Morgan fingerprint density at radius 2 is 1.93 bits per heavy atom. The third kappa shape index (κ3) is 3.26. The Balaban J connectivity index is 2.69. The molecule has 0 aliphatic carbocycles. The zero-order valence-electron chi connectivity index (χ0n) is 8.14. The van der Waals surface area contributed by atoms with Crippen LogP contribution in [0.3, 0.4) is 0 Å². The third-order valence-electron chi connectivity index (χ3n) is 1.77. The first-order valence-electron chi connectivity index (χ1n) is 4.43. The maximum absolute atomic E-state index is 5.12. The summed E-state index contributed by atoms with van der Waals surface area (Å²) in [4.78, 5) is 0. The monoisotopic (exact) mass is 190 g/mol. The van der Waals surface area contributed by atoms with Gasteiger partial charge in [0.1, 0.15) is 0 Å². The highest BCUT2D eigenvalue weighted by atomic mass is 15.3. The average Bonchev–Trinajstić information content (AvgIpc) is 2.18. The third-order valence-corrected chi connectivity index (χ3v) is 1.77. The van der Waals surface area contributed by atoms with E-state index in [1.165, 1.54) is 5.56 Å². The van der Waals surface area contributed by atoms with E-state index in [9.17, 15) is 0 Å². The second-order valence-corrected chi connectivity index (χ2v) is 2.86. The van der Waals surface area contributed by atoms with Gasteiger partial charge in [0.15, 0.2) is 0 Å². The van der Waals surface area contributed by atoms with Gasteiger partial charge in [0, 0.05) is 0 Å². The Labute approximate surface area is 83.3 Å². The molecule has 0 heterocycles. The summed E-state index contributed by atoms with van der Waals surface area (Å²) < 4.78 is 0. The Morgan fingerprint density at radius 3 is 2.43 bits per heavy atom. The van der Waals surface area contributed by atoms with Gasteiger partial charge in [0.05, 0.1) is 6.21 Å². The number of nitrogens with zero attached hydrogens (tertiary/aromatic N) is 2. The summed E-state index contributed by atoms with van der Waals surface area (Å²) >= 11 is 0. The predicted octanol–water partition coefficient (Wildman–Crippen LogP) is 0.856. The molecule has 0 saturated heterocycles. The molecule has 0 spiro atoms. The smallest absolute Gasteiger partial charge is 0.211 e. The Morgan fingerprint density at radius 1 is 1.29 bits per heavy atom. The highest BCUT2D eigenvalue weighted by molar-refractivity contribution is 5.81. The van der Waals surface area contributed by atoms with E-state index in [2.05, 4.69) is 29.3 Å². The topological polar surface area (TPSA) is 76.8 Å². The average molecular weight is 190 g/mol. The van der Waals surface area contributed by atoms with Crippen LogP contribution in [0.15, 0.2) is 34.5 Å². The molecule has 0 unspecified atom stereocenters. The van der Waals surface area contributed by atoms with Gasteiger partial charge in [-0.05, 0) is 17.5 Å². The van der Waals surface area contributed by atoms with E-state index in [0.29, 0.717) is 0 Å². The molecule has 0 aliphatic rings. The zero-order chi connectivity index (χ0) is 10.4. The molecule has 4 heteroatoms. The van der Waals surface area contributed by atoms with Crippen molar-refractivity contribution in [3.8, 4) is 0 Å². The van der Waals surface area contributed by atoms with E-state index in [-0.39, 0.29) is 5.96 Å². The van der Waals surface area contributed by atoms with Crippen LogP contribution in [-0.4, -0.2) is 12.2 Å². The number of hydrogen-bond acceptors (Lipinski definition) is 2. The van der Waals surface area contributed by atoms with Crippen LogP contribution in [-0.2, 0) is 6.42 Å². The molecule has 0 radical (unpaired) electrons. The van der Waals surface area contributed by atoms with E-state index in [4.69, 9.17) is 11.5 Å². The molecule has 4 nitrogen and oxygen atoms in total. The van der Waals surface area contributed by atoms with E-state index in [0.717, 1.165) is 12.0 Å². The van der Waals surface area contributed by atoms with Crippen LogP contribution in [0.2, 0.25) is 0 Å². The molecule has 1 rings (SSSR count). The molecule has 0 atom stereocenters. The van der Waals surface area contributed by atoms with Gasteiger partial charge in [-0.3, -0.25) is 0 Å². The summed E-state index contributed by atoms with van der Waals surface area (Å²) in [5.74, 6) is -0.0357. The molecular weight excluding hydrogens is 176 g/mol. The van der Waals surface area contributed by atoms with Crippen LogP contribution in [0.4, 0.5) is 0 Å². The molecule has 4 N–H and O–H groups in total. The minimum absolute atomic E-state index is 0.0357. The van der Waals surface area contributed by atoms with Crippen molar-refractivity contribution in [3.63, 3.8) is 0 Å². The summed E-state index contributed by atoms with van der Waals surface area (Å²) in [6.07, 6.45) is 2.64. The molecule has 0 aromatic heterocycles. The van der Waals surface area contributed by atoms with Crippen LogP contribution >= 0.6 is 0 Å². The lowest BCUT2D eigenvalue weighted by molar-refractivity contribution is 1.14. The van der Waals surface area contributed by atoms with E-state index < -0.39 is 0 Å². The van der Waals surface area contributed by atoms with Crippen molar-refractivity contribution < 1.29 is 0 Å². The Bertz CT molecular complexity index is 334. The fourth-order valence-electron chi connectivity index (χ4n) is 1.00. The lowest BCUT2D eigenvalue weighted by atomic mass is 10.1. The van der Waals surface area contributed by atoms with Crippen molar-refractivity contribution in [1.82, 2.24) is 0 Å². The predicted molar refractivity (Wildman–Crippen MR) is 59.2 cm³/mol. The number of nitrogens with two attached hydrogens (primary N) is 2. The molecule has 1 aromatic rings. The Kier molecular flexibility index (Phi) is 3.67. The summed E-state index contributed by atoms with van der Waals surface area (Å²) in [6, 6.07) is 8.06.